The zero-order valence-electron chi connectivity index (χ0n) is 13.3. The lowest BCUT2D eigenvalue weighted by molar-refractivity contribution is 0.0957. The summed E-state index contributed by atoms with van der Waals surface area (Å²) in [7, 11) is 1.51. The number of halogens is 2. The van der Waals surface area contributed by atoms with Gasteiger partial charge in [-0.2, -0.15) is 5.10 Å². The van der Waals surface area contributed by atoms with E-state index in [9.17, 15) is 4.79 Å². The van der Waals surface area contributed by atoms with Gasteiger partial charge in [-0.3, -0.25) is 4.79 Å². The molecular weight excluding hydrogens is 359 g/mol. The molecule has 0 spiro atoms. The fourth-order valence-corrected chi connectivity index (χ4v) is 3.02. The van der Waals surface area contributed by atoms with Gasteiger partial charge in [0.2, 0.25) is 0 Å². The Morgan fingerprint density at radius 1 is 1.12 bits per heavy atom. The third kappa shape index (κ3) is 3.76. The highest BCUT2D eigenvalue weighted by molar-refractivity contribution is 6.36. The number of nitrogens with one attached hydrogen (secondary N) is 1. The van der Waals surface area contributed by atoms with Crippen LogP contribution < -0.4 is 10.2 Å². The van der Waals surface area contributed by atoms with Gasteiger partial charge in [-0.25, -0.2) is 5.43 Å². The molecule has 0 aliphatic rings. The first-order valence-electron chi connectivity index (χ1n) is 7.44. The Kier molecular flexibility index (Phi) is 5.22. The topological polar surface area (TPSA) is 50.7 Å². The zero-order valence-corrected chi connectivity index (χ0v) is 14.8. The molecule has 126 valence electrons. The monoisotopic (exact) mass is 372 g/mol. The van der Waals surface area contributed by atoms with Gasteiger partial charge in [-0.15, -0.1) is 0 Å². The van der Waals surface area contributed by atoms with Crippen LogP contribution >= 0.6 is 23.2 Å². The molecule has 1 amide bonds. The summed E-state index contributed by atoms with van der Waals surface area (Å²) in [5.74, 6) is 0.165. The molecule has 0 atom stereocenters. The molecule has 3 aromatic carbocycles. The average Bonchev–Trinajstić information content (AvgIpc) is 2.62. The maximum Gasteiger partial charge on any atom is 0.271 e. The molecular formula is C19H14Cl2N2O2. The summed E-state index contributed by atoms with van der Waals surface area (Å²) in [5, 5.41) is 6.68. The molecule has 0 radical (unpaired) electrons. The van der Waals surface area contributed by atoms with Gasteiger partial charge in [0.1, 0.15) is 5.75 Å². The average molecular weight is 373 g/mol. The molecule has 0 bridgehead atoms. The van der Waals surface area contributed by atoms with E-state index < -0.39 is 0 Å². The molecule has 0 aliphatic heterocycles. The van der Waals surface area contributed by atoms with E-state index >= 15 is 0 Å². The molecule has 0 heterocycles. The van der Waals surface area contributed by atoms with E-state index in [4.69, 9.17) is 27.9 Å². The Morgan fingerprint density at radius 2 is 1.88 bits per heavy atom. The Balaban J connectivity index is 1.84. The highest BCUT2D eigenvalue weighted by Crippen LogP contribution is 2.29. The van der Waals surface area contributed by atoms with Gasteiger partial charge >= 0.3 is 0 Å². The van der Waals surface area contributed by atoms with Crippen molar-refractivity contribution in [2.24, 2.45) is 5.10 Å². The summed E-state index contributed by atoms with van der Waals surface area (Å²) in [4.78, 5) is 12.4. The molecule has 0 unspecified atom stereocenters. The van der Waals surface area contributed by atoms with Crippen LogP contribution in [0.4, 0.5) is 0 Å². The summed E-state index contributed by atoms with van der Waals surface area (Å²) in [6.07, 6.45) is 1.43. The molecule has 0 saturated carbocycles. The maximum atomic E-state index is 12.4. The number of rotatable bonds is 4. The van der Waals surface area contributed by atoms with Crippen molar-refractivity contribution >= 4 is 46.1 Å². The van der Waals surface area contributed by atoms with E-state index in [0.717, 1.165) is 10.8 Å². The van der Waals surface area contributed by atoms with E-state index in [0.29, 0.717) is 26.9 Å². The fraction of sp³-hybridized carbons (Fsp3) is 0.0526. The van der Waals surface area contributed by atoms with Crippen molar-refractivity contribution in [3.8, 4) is 5.75 Å². The van der Waals surface area contributed by atoms with Crippen LogP contribution in [0.15, 0.2) is 59.7 Å². The van der Waals surface area contributed by atoms with Crippen LogP contribution in [0.2, 0.25) is 10.0 Å². The number of hydrogen-bond acceptors (Lipinski definition) is 3. The molecule has 3 rings (SSSR count). The molecule has 0 aliphatic carbocycles. The Labute approximate surface area is 155 Å². The third-order valence-corrected chi connectivity index (χ3v) is 4.20. The summed E-state index contributed by atoms with van der Waals surface area (Å²) >= 11 is 12.1. The number of amides is 1. The third-order valence-electron chi connectivity index (χ3n) is 3.67. The second-order valence-corrected chi connectivity index (χ2v) is 6.07. The summed E-state index contributed by atoms with van der Waals surface area (Å²) in [6, 6.07) is 16.4. The van der Waals surface area contributed by atoms with Crippen molar-refractivity contribution in [1.29, 1.82) is 0 Å². The molecule has 0 fully saturated rings. The van der Waals surface area contributed by atoms with E-state index in [1.807, 2.05) is 36.4 Å². The second-order valence-electron chi connectivity index (χ2n) is 5.23. The first-order valence-corrected chi connectivity index (χ1v) is 8.20. The number of carbonyl (C=O) groups excluding carboxylic acids is 1. The molecule has 1 N–H and O–H groups in total. The predicted molar refractivity (Wildman–Crippen MR) is 102 cm³/mol. The van der Waals surface area contributed by atoms with Crippen LogP contribution in [0.3, 0.4) is 0 Å². The summed E-state index contributed by atoms with van der Waals surface area (Å²) < 4.78 is 5.23. The summed E-state index contributed by atoms with van der Waals surface area (Å²) in [6.45, 7) is 0. The lowest BCUT2D eigenvalue weighted by Crippen LogP contribution is -2.18. The van der Waals surface area contributed by atoms with Gasteiger partial charge in [0.05, 0.1) is 23.9 Å². The van der Waals surface area contributed by atoms with Crippen LogP contribution in [-0.2, 0) is 0 Å². The van der Waals surface area contributed by atoms with Crippen LogP contribution in [0.5, 0.6) is 5.75 Å². The molecule has 0 aromatic heterocycles. The van der Waals surface area contributed by atoms with E-state index in [2.05, 4.69) is 10.5 Å². The van der Waals surface area contributed by atoms with Crippen molar-refractivity contribution in [1.82, 2.24) is 5.43 Å². The number of fused-ring (bicyclic) bond motifs is 1. The van der Waals surface area contributed by atoms with Gasteiger partial charge in [-0.1, -0.05) is 59.6 Å². The number of hydrogen-bond donors (Lipinski definition) is 1. The van der Waals surface area contributed by atoms with Crippen LogP contribution in [0, 0.1) is 0 Å². The van der Waals surface area contributed by atoms with E-state index in [1.165, 1.54) is 13.3 Å². The lowest BCUT2D eigenvalue weighted by atomic mass is 10.0. The standard InChI is InChI=1S/C19H14Cl2N2O2/c1-25-18-10-13(20)9-17(21)16(18)11-22-23-19(24)15-8-4-6-12-5-2-3-7-14(12)15/h2-11H,1H3,(H,23,24)/b22-11-. The van der Waals surface area contributed by atoms with Crippen molar-refractivity contribution in [2.75, 3.05) is 7.11 Å². The molecule has 4 nitrogen and oxygen atoms in total. The van der Waals surface area contributed by atoms with Gasteiger partial charge in [0.15, 0.2) is 0 Å². The van der Waals surface area contributed by atoms with Crippen molar-refractivity contribution in [2.45, 2.75) is 0 Å². The fourth-order valence-electron chi connectivity index (χ4n) is 2.49. The summed E-state index contributed by atoms with van der Waals surface area (Å²) in [5.41, 5.74) is 3.60. The predicted octanol–water partition coefficient (Wildman–Crippen LogP) is 4.92. The Hall–Kier alpha value is -2.56. The van der Waals surface area contributed by atoms with Crippen molar-refractivity contribution in [3.05, 3.63) is 75.8 Å². The molecule has 3 aromatic rings. The Morgan fingerprint density at radius 3 is 2.68 bits per heavy atom. The SMILES string of the molecule is COc1cc(Cl)cc(Cl)c1/C=N\NC(=O)c1cccc2ccccc12. The number of methoxy groups -OCH3 is 1. The zero-order chi connectivity index (χ0) is 17.8. The number of ether oxygens (including phenoxy) is 1. The first-order chi connectivity index (χ1) is 12.1. The van der Waals surface area contributed by atoms with Crippen molar-refractivity contribution in [3.63, 3.8) is 0 Å². The Bertz CT molecular complexity index is 966. The second kappa shape index (κ2) is 7.55. The quantitative estimate of drug-likeness (QED) is 0.521. The van der Waals surface area contributed by atoms with Gasteiger partial charge < -0.3 is 4.74 Å². The van der Waals surface area contributed by atoms with Crippen LogP contribution in [-0.4, -0.2) is 19.2 Å². The van der Waals surface area contributed by atoms with Crippen molar-refractivity contribution < 1.29 is 9.53 Å². The number of carbonyl (C=O) groups is 1. The minimum atomic E-state index is -0.308. The highest BCUT2D eigenvalue weighted by Gasteiger charge is 2.10. The van der Waals surface area contributed by atoms with E-state index in [1.54, 1.807) is 18.2 Å². The number of nitrogens with zero attached hydrogens (tertiary/aromatic N) is 1. The van der Waals surface area contributed by atoms with Crippen LogP contribution in [0.1, 0.15) is 15.9 Å². The highest BCUT2D eigenvalue weighted by atomic mass is 35.5. The van der Waals surface area contributed by atoms with E-state index in [-0.39, 0.29) is 5.91 Å². The van der Waals surface area contributed by atoms with Crippen LogP contribution in [0.25, 0.3) is 10.8 Å². The van der Waals surface area contributed by atoms with Gasteiger partial charge in [0, 0.05) is 10.6 Å². The molecule has 6 heteroatoms. The first kappa shape index (κ1) is 17.3. The lowest BCUT2D eigenvalue weighted by Gasteiger charge is -2.08. The van der Waals surface area contributed by atoms with Gasteiger partial charge in [-0.05, 0) is 29.0 Å². The minimum Gasteiger partial charge on any atom is -0.496 e. The minimum absolute atomic E-state index is 0.308. The van der Waals surface area contributed by atoms with Gasteiger partial charge in [0.25, 0.3) is 5.91 Å². The maximum absolute atomic E-state index is 12.4. The smallest absolute Gasteiger partial charge is 0.271 e. The largest absolute Gasteiger partial charge is 0.496 e. The normalized spacial score (nSPS) is 11.0. The molecule has 0 saturated heterocycles. The molecule has 25 heavy (non-hydrogen) atoms. The number of hydrazone groups is 1. The number of benzene rings is 3.